The molecule has 0 aliphatic heterocycles. The van der Waals surface area contributed by atoms with Crippen molar-refractivity contribution in [3.8, 4) is 0 Å². The van der Waals surface area contributed by atoms with Gasteiger partial charge in [-0.1, -0.05) is 25.1 Å². The third-order valence-electron chi connectivity index (χ3n) is 2.09. The lowest BCUT2D eigenvalue weighted by Gasteiger charge is -2.14. The van der Waals surface area contributed by atoms with Gasteiger partial charge in [0.1, 0.15) is 0 Å². The predicted octanol–water partition coefficient (Wildman–Crippen LogP) is 0.736. The molecule has 1 atom stereocenters. The van der Waals surface area contributed by atoms with Crippen molar-refractivity contribution in [3.63, 3.8) is 0 Å². The predicted molar refractivity (Wildman–Crippen MR) is 57.9 cm³/mol. The zero-order chi connectivity index (χ0) is 11.3. The van der Waals surface area contributed by atoms with Gasteiger partial charge in [-0.25, -0.2) is 13.1 Å². The highest BCUT2D eigenvalue weighted by Crippen LogP contribution is 2.08. The number of aliphatic hydroxyl groups excluding tert-OH is 1. The standard InChI is InChI=1S/C10H15NO3S/c1-2-9(8-12)11-15(13,14)10-6-4-3-5-7-10/h3-7,9,11-12H,2,8H2,1H3/t9-/m0/s1. The first-order valence-corrected chi connectivity index (χ1v) is 6.26. The van der Waals surface area contributed by atoms with Crippen LogP contribution in [0.1, 0.15) is 13.3 Å². The molecule has 0 bridgehead atoms. The van der Waals surface area contributed by atoms with Crippen molar-refractivity contribution >= 4 is 10.0 Å². The molecule has 2 N–H and O–H groups in total. The normalized spacial score (nSPS) is 13.7. The van der Waals surface area contributed by atoms with Crippen LogP contribution in [0.2, 0.25) is 0 Å². The Morgan fingerprint density at radius 1 is 1.33 bits per heavy atom. The summed E-state index contributed by atoms with van der Waals surface area (Å²) in [7, 11) is -3.49. The highest BCUT2D eigenvalue weighted by atomic mass is 32.2. The number of hydrogen-bond donors (Lipinski definition) is 2. The lowest BCUT2D eigenvalue weighted by atomic mass is 10.3. The summed E-state index contributed by atoms with van der Waals surface area (Å²) in [4.78, 5) is 0.219. The molecule has 4 nitrogen and oxygen atoms in total. The van der Waals surface area contributed by atoms with Crippen LogP contribution in [0.25, 0.3) is 0 Å². The topological polar surface area (TPSA) is 66.4 Å². The molecule has 15 heavy (non-hydrogen) atoms. The Hall–Kier alpha value is -0.910. The second-order valence-corrected chi connectivity index (χ2v) is 4.94. The van der Waals surface area contributed by atoms with Gasteiger partial charge in [0.15, 0.2) is 0 Å². The molecule has 0 unspecified atom stereocenters. The van der Waals surface area contributed by atoms with Crippen LogP contribution >= 0.6 is 0 Å². The van der Waals surface area contributed by atoms with Gasteiger partial charge in [0.2, 0.25) is 10.0 Å². The van der Waals surface area contributed by atoms with E-state index in [1.807, 2.05) is 6.92 Å². The second kappa shape index (κ2) is 5.25. The number of sulfonamides is 1. The summed E-state index contributed by atoms with van der Waals surface area (Å²) in [5.74, 6) is 0. The van der Waals surface area contributed by atoms with Crippen LogP contribution in [-0.2, 0) is 10.0 Å². The van der Waals surface area contributed by atoms with E-state index in [4.69, 9.17) is 5.11 Å². The van der Waals surface area contributed by atoms with E-state index >= 15 is 0 Å². The van der Waals surface area contributed by atoms with Crippen LogP contribution in [0.5, 0.6) is 0 Å². The van der Waals surface area contributed by atoms with Crippen LogP contribution in [-0.4, -0.2) is 26.2 Å². The van der Waals surface area contributed by atoms with Crippen LogP contribution < -0.4 is 4.72 Å². The maximum Gasteiger partial charge on any atom is 0.240 e. The summed E-state index contributed by atoms with van der Waals surface area (Å²) >= 11 is 0. The van der Waals surface area contributed by atoms with Crippen molar-refractivity contribution in [1.29, 1.82) is 0 Å². The Morgan fingerprint density at radius 3 is 2.40 bits per heavy atom. The summed E-state index contributed by atoms with van der Waals surface area (Å²) in [5, 5.41) is 8.91. The molecular formula is C10H15NO3S. The Labute approximate surface area is 90.0 Å². The van der Waals surface area contributed by atoms with Crippen LogP contribution in [0.3, 0.4) is 0 Å². The molecule has 1 aromatic carbocycles. The molecule has 0 saturated heterocycles. The summed E-state index contributed by atoms with van der Waals surface area (Å²) < 4.78 is 25.9. The van der Waals surface area contributed by atoms with Gasteiger partial charge in [-0.15, -0.1) is 0 Å². The fourth-order valence-corrected chi connectivity index (χ4v) is 2.47. The first-order chi connectivity index (χ1) is 7.10. The Morgan fingerprint density at radius 2 is 1.93 bits per heavy atom. The molecule has 0 aliphatic rings. The van der Waals surface area contributed by atoms with E-state index in [0.29, 0.717) is 6.42 Å². The van der Waals surface area contributed by atoms with Crippen LogP contribution in [0, 0.1) is 0 Å². The molecule has 0 aromatic heterocycles. The molecule has 0 spiro atoms. The molecule has 84 valence electrons. The molecular weight excluding hydrogens is 214 g/mol. The van der Waals surface area contributed by atoms with Crippen molar-refractivity contribution in [3.05, 3.63) is 30.3 Å². The summed E-state index contributed by atoms with van der Waals surface area (Å²) in [6.45, 7) is 1.62. The van der Waals surface area contributed by atoms with Crippen molar-refractivity contribution < 1.29 is 13.5 Å². The van der Waals surface area contributed by atoms with Gasteiger partial charge in [0.25, 0.3) is 0 Å². The number of hydrogen-bond acceptors (Lipinski definition) is 3. The van der Waals surface area contributed by atoms with Gasteiger partial charge < -0.3 is 5.11 Å². The third-order valence-corrected chi connectivity index (χ3v) is 3.62. The Bertz CT molecular complexity index is 384. The molecule has 0 saturated carbocycles. The van der Waals surface area contributed by atoms with Gasteiger partial charge >= 0.3 is 0 Å². The average molecular weight is 229 g/mol. The van der Waals surface area contributed by atoms with E-state index in [0.717, 1.165) is 0 Å². The molecule has 0 fully saturated rings. The van der Waals surface area contributed by atoms with Gasteiger partial charge in [-0.3, -0.25) is 0 Å². The maximum atomic E-state index is 11.7. The zero-order valence-electron chi connectivity index (χ0n) is 8.55. The maximum absolute atomic E-state index is 11.7. The van der Waals surface area contributed by atoms with Crippen molar-refractivity contribution in [2.24, 2.45) is 0 Å². The van der Waals surface area contributed by atoms with Gasteiger partial charge in [0, 0.05) is 6.04 Å². The number of aliphatic hydroxyl groups is 1. The van der Waals surface area contributed by atoms with E-state index in [1.165, 1.54) is 12.1 Å². The smallest absolute Gasteiger partial charge is 0.240 e. The number of nitrogens with one attached hydrogen (secondary N) is 1. The molecule has 1 rings (SSSR count). The van der Waals surface area contributed by atoms with Crippen LogP contribution in [0.4, 0.5) is 0 Å². The molecule has 5 heteroatoms. The highest BCUT2D eigenvalue weighted by Gasteiger charge is 2.17. The zero-order valence-corrected chi connectivity index (χ0v) is 9.37. The van der Waals surface area contributed by atoms with Crippen molar-refractivity contribution in [2.45, 2.75) is 24.3 Å². The monoisotopic (exact) mass is 229 g/mol. The molecule has 1 aromatic rings. The minimum absolute atomic E-state index is 0.192. The first kappa shape index (κ1) is 12.2. The quantitative estimate of drug-likeness (QED) is 0.782. The fraction of sp³-hybridized carbons (Fsp3) is 0.400. The Balaban J connectivity index is 2.85. The fourth-order valence-electron chi connectivity index (χ4n) is 1.14. The summed E-state index contributed by atoms with van der Waals surface area (Å²) in [6, 6.07) is 7.69. The van der Waals surface area contributed by atoms with Crippen molar-refractivity contribution in [2.75, 3.05) is 6.61 Å². The molecule has 0 radical (unpaired) electrons. The van der Waals surface area contributed by atoms with E-state index in [2.05, 4.69) is 4.72 Å². The lowest BCUT2D eigenvalue weighted by molar-refractivity contribution is 0.254. The minimum atomic E-state index is -3.49. The summed E-state index contributed by atoms with van der Waals surface area (Å²) in [6.07, 6.45) is 0.558. The van der Waals surface area contributed by atoms with Gasteiger partial charge in [-0.05, 0) is 18.6 Å². The largest absolute Gasteiger partial charge is 0.395 e. The van der Waals surface area contributed by atoms with Gasteiger partial charge in [0.05, 0.1) is 11.5 Å². The van der Waals surface area contributed by atoms with Gasteiger partial charge in [-0.2, -0.15) is 0 Å². The second-order valence-electron chi connectivity index (χ2n) is 3.22. The SMILES string of the molecule is CC[C@@H](CO)NS(=O)(=O)c1ccccc1. The highest BCUT2D eigenvalue weighted by molar-refractivity contribution is 7.89. The third kappa shape index (κ3) is 3.30. The average Bonchev–Trinajstić information content (AvgIpc) is 2.27. The Kier molecular flexibility index (Phi) is 4.26. The molecule has 0 amide bonds. The van der Waals surface area contributed by atoms with Crippen LogP contribution in [0.15, 0.2) is 35.2 Å². The number of rotatable bonds is 5. The van der Waals surface area contributed by atoms with E-state index in [9.17, 15) is 8.42 Å². The lowest BCUT2D eigenvalue weighted by Crippen LogP contribution is -2.36. The van der Waals surface area contributed by atoms with E-state index in [1.54, 1.807) is 18.2 Å². The van der Waals surface area contributed by atoms with E-state index in [-0.39, 0.29) is 11.5 Å². The molecule has 0 aliphatic carbocycles. The number of benzene rings is 1. The van der Waals surface area contributed by atoms with Crippen molar-refractivity contribution in [1.82, 2.24) is 4.72 Å². The summed E-state index contributed by atoms with van der Waals surface area (Å²) in [5.41, 5.74) is 0. The molecule has 0 heterocycles. The minimum Gasteiger partial charge on any atom is -0.395 e. The van der Waals surface area contributed by atoms with E-state index < -0.39 is 16.1 Å². The first-order valence-electron chi connectivity index (χ1n) is 4.78.